The Bertz CT molecular complexity index is 454. The van der Waals surface area contributed by atoms with Crippen LogP contribution in [0.2, 0.25) is 5.02 Å². The Labute approximate surface area is 127 Å². The van der Waals surface area contributed by atoms with Crippen molar-refractivity contribution in [3.8, 4) is 0 Å². The highest BCUT2D eigenvalue weighted by Crippen LogP contribution is 2.27. The van der Waals surface area contributed by atoms with Gasteiger partial charge in [0.1, 0.15) is 0 Å². The van der Waals surface area contributed by atoms with Crippen molar-refractivity contribution < 1.29 is 4.74 Å². The molecule has 0 bridgehead atoms. The normalized spacial score (nSPS) is 17.4. The molecule has 0 aromatic heterocycles. The molecule has 2 N–H and O–H groups in total. The number of hydrogen-bond donors (Lipinski definition) is 2. The fourth-order valence-corrected chi connectivity index (χ4v) is 2.68. The van der Waals surface area contributed by atoms with Crippen LogP contribution in [0.4, 0.5) is 5.69 Å². The van der Waals surface area contributed by atoms with Crippen LogP contribution >= 0.6 is 11.6 Å². The summed E-state index contributed by atoms with van der Waals surface area (Å²) in [5.74, 6) is 0.558. The van der Waals surface area contributed by atoms with Gasteiger partial charge in [-0.3, -0.25) is 0 Å². The third kappa shape index (κ3) is 4.50. The van der Waals surface area contributed by atoms with Gasteiger partial charge in [-0.05, 0) is 38.0 Å². The zero-order valence-corrected chi connectivity index (χ0v) is 13.6. The lowest BCUT2D eigenvalue weighted by Gasteiger charge is -2.16. The first-order valence-corrected chi connectivity index (χ1v) is 7.63. The Balaban J connectivity index is 0.000000956. The number of hydrogen-bond acceptors (Lipinski definition) is 3. The monoisotopic (exact) mass is 296 g/mol. The molecule has 1 aliphatic heterocycles. The van der Waals surface area contributed by atoms with E-state index in [2.05, 4.69) is 11.4 Å². The third-order valence-electron chi connectivity index (χ3n) is 3.21. The second-order valence-corrected chi connectivity index (χ2v) is 5.31. The number of benzene rings is 1. The van der Waals surface area contributed by atoms with Gasteiger partial charge in [-0.2, -0.15) is 0 Å². The summed E-state index contributed by atoms with van der Waals surface area (Å²) < 4.78 is 5.36. The van der Waals surface area contributed by atoms with Crippen LogP contribution in [0.15, 0.2) is 12.1 Å². The number of halogens is 1. The van der Waals surface area contributed by atoms with Gasteiger partial charge in [0.2, 0.25) is 0 Å². The maximum Gasteiger partial charge on any atom is 0.0519 e. The first-order chi connectivity index (χ1) is 9.58. The van der Waals surface area contributed by atoms with E-state index < -0.39 is 0 Å². The van der Waals surface area contributed by atoms with E-state index in [1.54, 1.807) is 6.92 Å². The highest BCUT2D eigenvalue weighted by molar-refractivity contribution is 6.34. The summed E-state index contributed by atoms with van der Waals surface area (Å²) in [7, 11) is 0. The number of nitrogens with one attached hydrogen (secondary N) is 2. The molecule has 20 heavy (non-hydrogen) atoms. The van der Waals surface area contributed by atoms with E-state index in [0.717, 1.165) is 43.0 Å². The van der Waals surface area contributed by atoms with E-state index in [4.69, 9.17) is 21.7 Å². The van der Waals surface area contributed by atoms with Crippen LogP contribution in [0.25, 0.3) is 0 Å². The Morgan fingerprint density at radius 1 is 1.45 bits per heavy atom. The molecule has 1 atom stereocenters. The molecule has 0 amide bonds. The van der Waals surface area contributed by atoms with Crippen molar-refractivity contribution in [1.29, 1.82) is 5.41 Å². The Morgan fingerprint density at radius 3 is 2.70 bits per heavy atom. The molecule has 3 nitrogen and oxygen atoms in total. The maximum absolute atomic E-state index is 7.83. The minimum atomic E-state index is 0.491. The minimum Gasteiger partial charge on any atom is -0.384 e. The first-order valence-electron chi connectivity index (χ1n) is 7.25. The van der Waals surface area contributed by atoms with Crippen molar-refractivity contribution in [1.82, 2.24) is 0 Å². The fraction of sp³-hybridized carbons (Fsp3) is 0.562. The van der Waals surface area contributed by atoms with Crippen molar-refractivity contribution >= 4 is 23.0 Å². The summed E-state index contributed by atoms with van der Waals surface area (Å²) in [4.78, 5) is 0. The predicted octanol–water partition coefficient (Wildman–Crippen LogP) is 4.51. The Kier molecular flexibility index (Phi) is 7.03. The highest BCUT2D eigenvalue weighted by atomic mass is 35.5. The first kappa shape index (κ1) is 17.0. The molecule has 0 spiro atoms. The van der Waals surface area contributed by atoms with E-state index in [1.807, 2.05) is 26.8 Å². The van der Waals surface area contributed by atoms with Crippen LogP contribution in [0.3, 0.4) is 0 Å². The van der Waals surface area contributed by atoms with Crippen molar-refractivity contribution in [3.05, 3.63) is 28.3 Å². The van der Waals surface area contributed by atoms with E-state index in [1.165, 1.54) is 0 Å². The molecule has 1 aromatic carbocycles. The summed E-state index contributed by atoms with van der Waals surface area (Å²) in [5.41, 5.74) is 3.36. The van der Waals surface area contributed by atoms with Gasteiger partial charge in [0.15, 0.2) is 0 Å². The Morgan fingerprint density at radius 2 is 2.15 bits per heavy atom. The molecular formula is C16H25ClN2O. The molecule has 1 aliphatic rings. The van der Waals surface area contributed by atoms with Crippen LogP contribution in [0.5, 0.6) is 0 Å². The molecule has 1 unspecified atom stereocenters. The van der Waals surface area contributed by atoms with Crippen LogP contribution < -0.4 is 5.32 Å². The van der Waals surface area contributed by atoms with Crippen LogP contribution in [0, 0.1) is 18.3 Å². The summed E-state index contributed by atoms with van der Waals surface area (Å²) in [6.45, 7) is 10.3. The molecule has 0 radical (unpaired) electrons. The van der Waals surface area contributed by atoms with Gasteiger partial charge in [0.25, 0.3) is 0 Å². The molecule has 2 rings (SSSR count). The smallest absolute Gasteiger partial charge is 0.0519 e. The van der Waals surface area contributed by atoms with Crippen LogP contribution in [-0.2, 0) is 4.74 Å². The lowest BCUT2D eigenvalue weighted by Crippen LogP contribution is -2.16. The summed E-state index contributed by atoms with van der Waals surface area (Å²) in [5, 5.41) is 11.9. The van der Waals surface area contributed by atoms with Crippen LogP contribution in [-0.4, -0.2) is 25.5 Å². The minimum absolute atomic E-state index is 0.491. The van der Waals surface area contributed by atoms with E-state index in [-0.39, 0.29) is 0 Å². The van der Waals surface area contributed by atoms with Crippen molar-refractivity contribution in [2.45, 2.75) is 34.1 Å². The predicted molar refractivity (Wildman–Crippen MR) is 87.5 cm³/mol. The highest BCUT2D eigenvalue weighted by Gasteiger charge is 2.17. The average Bonchev–Trinajstić information content (AvgIpc) is 2.90. The second-order valence-electron chi connectivity index (χ2n) is 4.90. The fourth-order valence-electron chi connectivity index (χ4n) is 2.26. The lowest BCUT2D eigenvalue weighted by atomic mass is 10.0. The molecule has 0 aliphatic carbocycles. The lowest BCUT2D eigenvalue weighted by molar-refractivity contribution is 0.187. The molecule has 1 saturated heterocycles. The SMILES string of the molecule is CC.CC(=N)c1c(Cl)cc(C)cc1NCC1CCOC1. The van der Waals surface area contributed by atoms with Gasteiger partial charge in [-0.25, -0.2) is 0 Å². The van der Waals surface area contributed by atoms with Crippen molar-refractivity contribution in [2.24, 2.45) is 5.92 Å². The van der Waals surface area contributed by atoms with E-state index in [9.17, 15) is 0 Å². The standard InChI is InChI=1S/C14H19ClN2O.C2H6/c1-9-5-12(15)14(10(2)16)13(6-9)17-7-11-3-4-18-8-11;1-2/h5-6,11,16-17H,3-4,7-8H2,1-2H3;1-2H3. The number of rotatable bonds is 4. The topological polar surface area (TPSA) is 45.1 Å². The van der Waals surface area contributed by atoms with Crippen molar-refractivity contribution in [2.75, 3.05) is 25.1 Å². The molecule has 0 saturated carbocycles. The summed E-state index contributed by atoms with van der Waals surface area (Å²) in [6.07, 6.45) is 1.10. The Hall–Kier alpha value is -1.06. The van der Waals surface area contributed by atoms with Crippen LogP contribution in [0.1, 0.15) is 38.3 Å². The molecule has 1 heterocycles. The summed E-state index contributed by atoms with van der Waals surface area (Å²) >= 11 is 6.22. The van der Waals surface area contributed by atoms with Gasteiger partial charge in [-0.15, -0.1) is 0 Å². The zero-order chi connectivity index (χ0) is 15.1. The van der Waals surface area contributed by atoms with Gasteiger partial charge < -0.3 is 15.5 Å². The molecular weight excluding hydrogens is 272 g/mol. The van der Waals surface area contributed by atoms with Crippen molar-refractivity contribution in [3.63, 3.8) is 0 Å². The van der Waals surface area contributed by atoms with E-state index >= 15 is 0 Å². The second kappa shape index (κ2) is 8.28. The van der Waals surface area contributed by atoms with Gasteiger partial charge >= 0.3 is 0 Å². The average molecular weight is 297 g/mol. The molecule has 4 heteroatoms. The molecule has 1 fully saturated rings. The van der Waals surface area contributed by atoms with Gasteiger partial charge in [0, 0.05) is 36.0 Å². The summed E-state index contributed by atoms with van der Waals surface area (Å²) in [6, 6.07) is 3.95. The number of anilines is 1. The number of aryl methyl sites for hydroxylation is 1. The quantitative estimate of drug-likeness (QED) is 0.803. The number of ether oxygens (including phenoxy) is 1. The van der Waals surface area contributed by atoms with Gasteiger partial charge in [0.05, 0.1) is 11.6 Å². The van der Waals surface area contributed by atoms with E-state index in [0.29, 0.717) is 16.7 Å². The van der Waals surface area contributed by atoms with Gasteiger partial charge in [-0.1, -0.05) is 25.4 Å². The zero-order valence-electron chi connectivity index (χ0n) is 12.8. The third-order valence-corrected chi connectivity index (χ3v) is 3.51. The molecule has 112 valence electrons. The largest absolute Gasteiger partial charge is 0.384 e. The maximum atomic E-state index is 7.83. The molecule has 1 aromatic rings.